The van der Waals surface area contributed by atoms with Gasteiger partial charge in [-0.1, -0.05) is 6.92 Å². The van der Waals surface area contributed by atoms with Crippen LogP contribution in [0.2, 0.25) is 0 Å². The number of aliphatic hydroxyl groups excluding tert-OH is 1. The van der Waals surface area contributed by atoms with Crippen molar-refractivity contribution in [3.8, 4) is 0 Å². The second-order valence-electron chi connectivity index (χ2n) is 3.78. The van der Waals surface area contributed by atoms with Crippen molar-refractivity contribution in [2.45, 2.75) is 25.4 Å². The van der Waals surface area contributed by atoms with E-state index in [1.165, 1.54) is 5.56 Å². The van der Waals surface area contributed by atoms with Crippen molar-refractivity contribution in [2.24, 2.45) is 5.73 Å². The molecule has 0 fully saturated rings. The summed E-state index contributed by atoms with van der Waals surface area (Å²) < 4.78 is 0. The van der Waals surface area contributed by atoms with Crippen molar-refractivity contribution in [3.05, 3.63) is 22.4 Å². The number of thiophene rings is 1. The van der Waals surface area contributed by atoms with Gasteiger partial charge in [-0.05, 0) is 35.9 Å². The molecule has 1 aromatic heterocycles. The normalized spacial score (nSPS) is 15.5. The molecule has 0 bridgehead atoms. The third-order valence-corrected chi connectivity index (χ3v) is 3.39. The fourth-order valence-corrected chi connectivity index (χ4v) is 2.48. The Bertz CT molecular complexity index is 264. The Morgan fingerprint density at radius 3 is 2.80 bits per heavy atom. The number of rotatable bonds is 6. The van der Waals surface area contributed by atoms with Crippen LogP contribution in [0, 0.1) is 0 Å². The second kappa shape index (κ2) is 6.23. The van der Waals surface area contributed by atoms with E-state index in [0.29, 0.717) is 6.54 Å². The van der Waals surface area contributed by atoms with Crippen molar-refractivity contribution < 1.29 is 5.11 Å². The van der Waals surface area contributed by atoms with E-state index >= 15 is 0 Å². The van der Waals surface area contributed by atoms with Gasteiger partial charge in [0, 0.05) is 12.6 Å². The van der Waals surface area contributed by atoms with Gasteiger partial charge in [-0.2, -0.15) is 11.3 Å². The van der Waals surface area contributed by atoms with Gasteiger partial charge in [0.25, 0.3) is 0 Å². The average molecular weight is 228 g/mol. The minimum atomic E-state index is 0.121. The highest BCUT2D eigenvalue weighted by atomic mass is 32.1. The van der Waals surface area contributed by atoms with Gasteiger partial charge in [-0.15, -0.1) is 0 Å². The van der Waals surface area contributed by atoms with Crippen LogP contribution >= 0.6 is 11.3 Å². The summed E-state index contributed by atoms with van der Waals surface area (Å²) in [6, 6.07) is 2.45. The molecule has 1 aromatic rings. The van der Waals surface area contributed by atoms with Gasteiger partial charge in [-0.25, -0.2) is 0 Å². The molecule has 0 saturated heterocycles. The molecule has 3 N–H and O–H groups in total. The molecule has 0 spiro atoms. The molecular formula is C11H20N2OS. The topological polar surface area (TPSA) is 49.5 Å². The van der Waals surface area contributed by atoms with Crippen LogP contribution in [0.3, 0.4) is 0 Å². The zero-order chi connectivity index (χ0) is 11.3. The van der Waals surface area contributed by atoms with Gasteiger partial charge < -0.3 is 10.8 Å². The van der Waals surface area contributed by atoms with Crippen molar-refractivity contribution in [1.29, 1.82) is 0 Å². The van der Waals surface area contributed by atoms with Crippen LogP contribution < -0.4 is 5.73 Å². The zero-order valence-corrected chi connectivity index (χ0v) is 10.2. The Morgan fingerprint density at radius 1 is 1.60 bits per heavy atom. The molecule has 0 aliphatic rings. The highest BCUT2D eigenvalue weighted by Gasteiger charge is 2.22. The maximum Gasteiger partial charge on any atom is 0.0558 e. The first-order chi connectivity index (χ1) is 7.20. The lowest BCUT2D eigenvalue weighted by Gasteiger charge is -2.31. The maximum absolute atomic E-state index is 8.96. The van der Waals surface area contributed by atoms with Gasteiger partial charge in [0.1, 0.15) is 0 Å². The summed E-state index contributed by atoms with van der Waals surface area (Å²) in [6.45, 7) is 2.93. The first kappa shape index (κ1) is 12.6. The number of nitrogens with zero attached hydrogens (tertiary/aromatic N) is 1. The number of likely N-dealkylation sites (N-methyl/N-ethyl adjacent to an activating group) is 1. The molecule has 0 aromatic carbocycles. The largest absolute Gasteiger partial charge is 0.395 e. The summed E-state index contributed by atoms with van der Waals surface area (Å²) in [4.78, 5) is 2.12. The number of hydrogen-bond acceptors (Lipinski definition) is 4. The molecule has 0 aliphatic carbocycles. The lowest BCUT2D eigenvalue weighted by Crippen LogP contribution is -2.39. The molecule has 2 atom stereocenters. The second-order valence-corrected chi connectivity index (χ2v) is 4.56. The van der Waals surface area contributed by atoms with Crippen LogP contribution in [0.1, 0.15) is 24.9 Å². The van der Waals surface area contributed by atoms with Gasteiger partial charge in [-0.3, -0.25) is 4.90 Å². The Labute approximate surface area is 95.5 Å². The number of nitrogens with two attached hydrogens (primary N) is 1. The molecular weight excluding hydrogens is 208 g/mol. The van der Waals surface area contributed by atoms with E-state index in [-0.39, 0.29) is 18.7 Å². The zero-order valence-electron chi connectivity index (χ0n) is 9.39. The summed E-state index contributed by atoms with van der Waals surface area (Å²) in [7, 11) is 2.01. The highest BCUT2D eigenvalue weighted by Crippen LogP contribution is 2.25. The van der Waals surface area contributed by atoms with Crippen LogP contribution in [0.4, 0.5) is 0 Å². The van der Waals surface area contributed by atoms with Crippen molar-refractivity contribution in [3.63, 3.8) is 0 Å². The fraction of sp³-hybridized carbons (Fsp3) is 0.636. The summed E-state index contributed by atoms with van der Waals surface area (Å²) >= 11 is 1.69. The first-order valence-corrected chi connectivity index (χ1v) is 6.23. The molecule has 2 unspecified atom stereocenters. The molecule has 3 nitrogen and oxygen atoms in total. The van der Waals surface area contributed by atoms with E-state index < -0.39 is 0 Å². The van der Waals surface area contributed by atoms with E-state index in [1.807, 2.05) is 7.05 Å². The van der Waals surface area contributed by atoms with Crippen LogP contribution in [0.15, 0.2) is 16.8 Å². The van der Waals surface area contributed by atoms with Crippen LogP contribution in [0.5, 0.6) is 0 Å². The van der Waals surface area contributed by atoms with E-state index in [4.69, 9.17) is 10.8 Å². The number of hydrogen-bond donors (Lipinski definition) is 2. The standard InChI is InChI=1S/C11H20N2OS/c1-3-10(12)11(13(2)5-6-14)9-4-7-15-8-9/h4,7-8,10-11,14H,3,5-6,12H2,1-2H3. The Kier molecular flexibility index (Phi) is 5.25. The SMILES string of the molecule is CCC(N)C(c1ccsc1)N(C)CCO. The molecule has 1 rings (SSSR count). The minimum Gasteiger partial charge on any atom is -0.395 e. The highest BCUT2D eigenvalue weighted by molar-refractivity contribution is 7.07. The third-order valence-electron chi connectivity index (χ3n) is 2.69. The Balaban J connectivity index is 2.78. The van der Waals surface area contributed by atoms with E-state index in [1.54, 1.807) is 11.3 Å². The fourth-order valence-electron chi connectivity index (χ4n) is 1.79. The van der Waals surface area contributed by atoms with E-state index in [0.717, 1.165) is 6.42 Å². The minimum absolute atomic E-state index is 0.121. The summed E-state index contributed by atoms with van der Waals surface area (Å²) in [5.74, 6) is 0. The third kappa shape index (κ3) is 3.28. The first-order valence-electron chi connectivity index (χ1n) is 5.29. The molecule has 1 heterocycles. The van der Waals surface area contributed by atoms with Crippen molar-refractivity contribution >= 4 is 11.3 Å². The molecule has 0 radical (unpaired) electrons. The molecule has 15 heavy (non-hydrogen) atoms. The van der Waals surface area contributed by atoms with Gasteiger partial charge in [0.15, 0.2) is 0 Å². The summed E-state index contributed by atoms with van der Waals surface area (Å²) in [6.07, 6.45) is 0.941. The van der Waals surface area contributed by atoms with Gasteiger partial charge in [0.05, 0.1) is 12.6 Å². The van der Waals surface area contributed by atoms with Crippen LogP contribution in [0.25, 0.3) is 0 Å². The maximum atomic E-state index is 8.96. The summed E-state index contributed by atoms with van der Waals surface area (Å²) in [5.41, 5.74) is 7.38. The molecule has 86 valence electrons. The van der Waals surface area contributed by atoms with Crippen molar-refractivity contribution in [1.82, 2.24) is 4.90 Å². The smallest absolute Gasteiger partial charge is 0.0558 e. The lowest BCUT2D eigenvalue weighted by atomic mass is 9.99. The lowest BCUT2D eigenvalue weighted by molar-refractivity contribution is 0.162. The van der Waals surface area contributed by atoms with Crippen LogP contribution in [-0.2, 0) is 0 Å². The number of aliphatic hydroxyl groups is 1. The average Bonchev–Trinajstić information content (AvgIpc) is 2.71. The quantitative estimate of drug-likeness (QED) is 0.775. The Morgan fingerprint density at radius 2 is 2.33 bits per heavy atom. The monoisotopic (exact) mass is 228 g/mol. The Hall–Kier alpha value is -0.420. The predicted octanol–water partition coefficient (Wildman–Crippen LogP) is 1.45. The van der Waals surface area contributed by atoms with Gasteiger partial charge in [0.2, 0.25) is 0 Å². The van der Waals surface area contributed by atoms with E-state index in [2.05, 4.69) is 28.7 Å². The molecule has 0 aliphatic heterocycles. The van der Waals surface area contributed by atoms with Gasteiger partial charge >= 0.3 is 0 Å². The molecule has 0 amide bonds. The molecule has 0 saturated carbocycles. The van der Waals surface area contributed by atoms with E-state index in [9.17, 15) is 0 Å². The summed E-state index contributed by atoms with van der Waals surface area (Å²) in [5, 5.41) is 13.2. The van der Waals surface area contributed by atoms with Crippen molar-refractivity contribution in [2.75, 3.05) is 20.2 Å². The molecule has 4 heteroatoms. The van der Waals surface area contributed by atoms with Crippen LogP contribution in [-0.4, -0.2) is 36.2 Å². The predicted molar refractivity (Wildman–Crippen MR) is 65.0 cm³/mol.